The van der Waals surface area contributed by atoms with Crippen LogP contribution >= 0.6 is 0 Å². The summed E-state index contributed by atoms with van der Waals surface area (Å²) < 4.78 is 0. The van der Waals surface area contributed by atoms with Crippen molar-refractivity contribution in [2.75, 3.05) is 0 Å². The van der Waals surface area contributed by atoms with Gasteiger partial charge in [-0.25, -0.2) is 0 Å². The van der Waals surface area contributed by atoms with Crippen molar-refractivity contribution in [2.24, 2.45) is 82.3 Å². The summed E-state index contributed by atoms with van der Waals surface area (Å²) >= 11 is 0. The number of rotatable bonds is 6. The molecule has 3 N–H and O–H groups in total. The lowest BCUT2D eigenvalue weighted by Gasteiger charge is -2.65. The highest BCUT2D eigenvalue weighted by molar-refractivity contribution is 5.12. The molecule has 6 fully saturated rings. The minimum absolute atomic E-state index is 0.0564. The molecule has 0 radical (unpaired) electrons. The smallest absolute Gasteiger partial charge is 0.0654 e. The van der Waals surface area contributed by atoms with Gasteiger partial charge in [0.05, 0.1) is 18.3 Å². The van der Waals surface area contributed by atoms with Gasteiger partial charge in [-0.1, -0.05) is 98.3 Å². The van der Waals surface area contributed by atoms with Gasteiger partial charge in [-0.3, -0.25) is 0 Å². The quantitative estimate of drug-likeness (QED) is 0.292. The Morgan fingerprint density at radius 2 is 1.36 bits per heavy atom. The first-order chi connectivity index (χ1) is 20.1. The molecule has 0 amide bonds. The van der Waals surface area contributed by atoms with Gasteiger partial charge in [0.15, 0.2) is 0 Å². The van der Waals surface area contributed by atoms with Crippen LogP contribution in [0.3, 0.4) is 0 Å². The van der Waals surface area contributed by atoms with Gasteiger partial charge in [-0.15, -0.1) is 0 Å². The van der Waals surface area contributed by atoms with Gasteiger partial charge >= 0.3 is 0 Å². The maximum atomic E-state index is 12.3. The summed E-state index contributed by atoms with van der Waals surface area (Å²) in [6, 6.07) is 0. The molecule has 242 valence electrons. The van der Waals surface area contributed by atoms with Crippen molar-refractivity contribution in [3.05, 3.63) is 0 Å². The molecule has 42 heavy (non-hydrogen) atoms. The molecule has 0 bridgehead atoms. The zero-order valence-corrected chi connectivity index (χ0v) is 28.1. The van der Waals surface area contributed by atoms with Crippen LogP contribution in [-0.2, 0) is 0 Å². The second-order valence-electron chi connectivity index (χ2n) is 17.8. The van der Waals surface area contributed by atoms with E-state index in [4.69, 9.17) is 0 Å². The summed E-state index contributed by atoms with van der Waals surface area (Å²) in [5.41, 5.74) is -0.212. The average Bonchev–Trinajstić information content (AvgIpc) is 2.96. The molecule has 0 aliphatic heterocycles. The van der Waals surface area contributed by atoms with Gasteiger partial charge in [0.25, 0.3) is 0 Å². The zero-order chi connectivity index (χ0) is 29.8. The van der Waals surface area contributed by atoms with E-state index in [9.17, 15) is 15.3 Å². The molecule has 6 aliphatic carbocycles. The highest BCUT2D eigenvalue weighted by atomic mass is 16.3. The predicted molar refractivity (Wildman–Crippen MR) is 173 cm³/mol. The number of aliphatic hydroxyl groups is 3. The lowest BCUT2D eigenvalue weighted by Crippen LogP contribution is -2.65. The van der Waals surface area contributed by atoms with Crippen molar-refractivity contribution in [3.8, 4) is 0 Å². The van der Waals surface area contributed by atoms with E-state index < -0.39 is 12.2 Å². The summed E-state index contributed by atoms with van der Waals surface area (Å²) in [5.74, 6) is 7.45. The molecule has 0 saturated heterocycles. The second-order valence-corrected chi connectivity index (χ2v) is 17.8. The van der Waals surface area contributed by atoms with E-state index >= 15 is 0 Å². The molecule has 3 heteroatoms. The lowest BCUT2D eigenvalue weighted by atomic mass is 9.41. The normalized spacial score (nSPS) is 52.6. The van der Waals surface area contributed by atoms with Crippen LogP contribution in [0.1, 0.15) is 144 Å². The molecule has 0 aromatic rings. The first kappa shape index (κ1) is 31.8. The Balaban J connectivity index is 1.11. The van der Waals surface area contributed by atoms with E-state index in [0.29, 0.717) is 41.4 Å². The van der Waals surface area contributed by atoms with Crippen LogP contribution in [-0.4, -0.2) is 33.6 Å². The molecule has 0 spiro atoms. The number of fused-ring (bicyclic) bond motifs is 3. The zero-order valence-electron chi connectivity index (χ0n) is 28.1. The minimum atomic E-state index is -0.485. The molecule has 6 aliphatic rings. The Morgan fingerprint density at radius 1 is 0.690 bits per heavy atom. The van der Waals surface area contributed by atoms with Crippen molar-refractivity contribution >= 4 is 0 Å². The van der Waals surface area contributed by atoms with Crippen molar-refractivity contribution in [2.45, 2.75) is 162 Å². The summed E-state index contributed by atoms with van der Waals surface area (Å²) in [6.07, 6.45) is 22.8. The molecule has 0 aromatic carbocycles. The van der Waals surface area contributed by atoms with Gasteiger partial charge in [-0.2, -0.15) is 0 Å². The Kier molecular flexibility index (Phi) is 9.81. The summed E-state index contributed by atoms with van der Waals surface area (Å²) in [7, 11) is 0. The largest absolute Gasteiger partial charge is 0.393 e. The Bertz CT molecular complexity index is 873. The van der Waals surface area contributed by atoms with Crippen molar-refractivity contribution < 1.29 is 15.3 Å². The lowest BCUT2D eigenvalue weighted by molar-refractivity contribution is -0.227. The standard InChI is InChI=1S/C39H68O3/c1-23-14-19-32(29-17-15-28(16-18-29)13-9-12-27-10-7-6-8-11-27)33-22-30-21-31-20-24(2)34(26(4)40)38(42)39(31,5)25(3)36(30)37(41)35(23)33/h23-38,40-42H,6-22H2,1-5H3. The van der Waals surface area contributed by atoms with E-state index in [2.05, 4.69) is 27.7 Å². The van der Waals surface area contributed by atoms with Crippen molar-refractivity contribution in [3.63, 3.8) is 0 Å². The van der Waals surface area contributed by atoms with Gasteiger partial charge in [0.2, 0.25) is 0 Å². The molecular weight excluding hydrogens is 516 g/mol. The van der Waals surface area contributed by atoms with E-state index in [1.165, 1.54) is 103 Å². The van der Waals surface area contributed by atoms with Gasteiger partial charge in [0, 0.05) is 5.92 Å². The van der Waals surface area contributed by atoms with Gasteiger partial charge < -0.3 is 15.3 Å². The van der Waals surface area contributed by atoms with Crippen LogP contribution in [0.15, 0.2) is 0 Å². The van der Waals surface area contributed by atoms with Gasteiger partial charge in [-0.05, 0) is 122 Å². The summed E-state index contributed by atoms with van der Waals surface area (Å²) in [4.78, 5) is 0. The molecular formula is C39H68O3. The third kappa shape index (κ3) is 5.70. The van der Waals surface area contributed by atoms with E-state index in [-0.39, 0.29) is 23.4 Å². The Hall–Kier alpha value is -0.120. The van der Waals surface area contributed by atoms with Crippen molar-refractivity contribution in [1.29, 1.82) is 0 Å². The first-order valence-corrected chi connectivity index (χ1v) is 19.1. The predicted octanol–water partition coefficient (Wildman–Crippen LogP) is 8.88. The Morgan fingerprint density at radius 3 is 2.02 bits per heavy atom. The number of hydrogen-bond acceptors (Lipinski definition) is 3. The second kappa shape index (κ2) is 12.9. The molecule has 6 rings (SSSR count). The number of hydrogen-bond donors (Lipinski definition) is 3. The van der Waals surface area contributed by atoms with Crippen LogP contribution in [0, 0.1) is 82.3 Å². The topological polar surface area (TPSA) is 60.7 Å². The first-order valence-electron chi connectivity index (χ1n) is 19.1. The molecule has 3 nitrogen and oxygen atoms in total. The fourth-order valence-electron chi connectivity index (χ4n) is 13.5. The third-order valence-electron chi connectivity index (χ3n) is 15.9. The van der Waals surface area contributed by atoms with Crippen molar-refractivity contribution in [1.82, 2.24) is 0 Å². The average molecular weight is 585 g/mol. The van der Waals surface area contributed by atoms with E-state index in [1.807, 2.05) is 6.92 Å². The molecule has 0 aromatic heterocycles. The third-order valence-corrected chi connectivity index (χ3v) is 15.9. The van der Waals surface area contributed by atoms with Crippen LogP contribution in [0.4, 0.5) is 0 Å². The molecule has 6 saturated carbocycles. The maximum Gasteiger partial charge on any atom is 0.0654 e. The number of aliphatic hydroxyl groups excluding tert-OH is 3. The van der Waals surface area contributed by atoms with Crippen LogP contribution in [0.2, 0.25) is 0 Å². The highest BCUT2D eigenvalue weighted by Gasteiger charge is 2.63. The summed E-state index contributed by atoms with van der Waals surface area (Å²) in [5, 5.41) is 34.7. The SMILES string of the molecule is CC(O)C1C(C)CC2CC3CC4C(C5CCC(CCCC6CCCCC6)CC5)CCC(C)C4C(O)C3C(C)C2(C)C1O. The Labute approximate surface area is 259 Å². The van der Waals surface area contributed by atoms with Crippen LogP contribution < -0.4 is 0 Å². The monoisotopic (exact) mass is 585 g/mol. The molecule has 14 atom stereocenters. The maximum absolute atomic E-state index is 12.3. The van der Waals surface area contributed by atoms with Crippen LogP contribution in [0.5, 0.6) is 0 Å². The fourth-order valence-corrected chi connectivity index (χ4v) is 13.5. The highest BCUT2D eigenvalue weighted by Crippen LogP contribution is 2.65. The minimum Gasteiger partial charge on any atom is -0.393 e. The van der Waals surface area contributed by atoms with E-state index in [0.717, 1.165) is 30.1 Å². The van der Waals surface area contributed by atoms with Gasteiger partial charge in [0.1, 0.15) is 0 Å². The van der Waals surface area contributed by atoms with E-state index in [1.54, 1.807) is 0 Å². The summed E-state index contributed by atoms with van der Waals surface area (Å²) in [6.45, 7) is 11.3. The molecule has 14 unspecified atom stereocenters. The van der Waals surface area contributed by atoms with Crippen LogP contribution in [0.25, 0.3) is 0 Å². The molecule has 0 heterocycles. The fraction of sp³-hybridized carbons (Fsp3) is 1.00.